The summed E-state index contributed by atoms with van der Waals surface area (Å²) in [5.41, 5.74) is 0.723. The van der Waals surface area contributed by atoms with E-state index in [9.17, 15) is 9.59 Å². The molecule has 0 aliphatic carbocycles. The van der Waals surface area contributed by atoms with E-state index in [-0.39, 0.29) is 18.0 Å². The van der Waals surface area contributed by atoms with Crippen molar-refractivity contribution in [3.8, 4) is 17.4 Å². The van der Waals surface area contributed by atoms with Crippen molar-refractivity contribution < 1.29 is 23.8 Å². The zero-order valence-corrected chi connectivity index (χ0v) is 14.5. The lowest BCUT2D eigenvalue weighted by Gasteiger charge is -2.12. The van der Waals surface area contributed by atoms with Crippen LogP contribution in [-0.2, 0) is 11.8 Å². The second kappa shape index (κ2) is 8.04. The fraction of sp³-hybridized carbons (Fsp3) is 0.312. The van der Waals surface area contributed by atoms with E-state index in [0.29, 0.717) is 17.2 Å². The summed E-state index contributed by atoms with van der Waals surface area (Å²) in [6.45, 7) is -0.216. The maximum absolute atomic E-state index is 12.1. The van der Waals surface area contributed by atoms with Crippen molar-refractivity contribution in [2.75, 3.05) is 33.2 Å². The first kappa shape index (κ1) is 18.1. The first-order valence-corrected chi connectivity index (χ1v) is 7.36. The molecular formula is C16H20N4O5. The predicted octanol–water partition coefficient (Wildman–Crippen LogP) is 0.814. The van der Waals surface area contributed by atoms with E-state index < -0.39 is 11.8 Å². The third kappa shape index (κ3) is 4.40. The molecule has 134 valence electrons. The standard InChI is InChI=1S/C16H20N4O5/c1-20-9-11(16(19-20)25-4)15(22)17-8-14(21)18-12-6-5-10(23-2)7-13(12)24-3/h5-7,9H,8H2,1-4H3,(H,17,22)(H,18,21). The zero-order chi connectivity index (χ0) is 18.4. The van der Waals surface area contributed by atoms with Crippen LogP contribution in [0.25, 0.3) is 0 Å². The predicted molar refractivity (Wildman–Crippen MR) is 90.3 cm³/mol. The molecule has 2 rings (SSSR count). The van der Waals surface area contributed by atoms with Gasteiger partial charge in [0.15, 0.2) is 0 Å². The Morgan fingerprint density at radius 3 is 2.56 bits per heavy atom. The molecular weight excluding hydrogens is 328 g/mol. The van der Waals surface area contributed by atoms with E-state index in [1.807, 2.05) is 0 Å². The van der Waals surface area contributed by atoms with Gasteiger partial charge in [0.2, 0.25) is 11.8 Å². The minimum absolute atomic E-state index is 0.192. The summed E-state index contributed by atoms with van der Waals surface area (Å²) >= 11 is 0. The first-order valence-electron chi connectivity index (χ1n) is 7.36. The lowest BCUT2D eigenvalue weighted by molar-refractivity contribution is -0.115. The molecule has 2 amide bonds. The Morgan fingerprint density at radius 2 is 1.92 bits per heavy atom. The van der Waals surface area contributed by atoms with Crippen molar-refractivity contribution >= 4 is 17.5 Å². The highest BCUT2D eigenvalue weighted by Gasteiger charge is 2.17. The van der Waals surface area contributed by atoms with Crippen LogP contribution in [0.1, 0.15) is 10.4 Å². The first-order chi connectivity index (χ1) is 12.0. The quantitative estimate of drug-likeness (QED) is 0.768. The number of hydrogen-bond donors (Lipinski definition) is 2. The largest absolute Gasteiger partial charge is 0.497 e. The van der Waals surface area contributed by atoms with E-state index in [1.165, 1.54) is 32.2 Å². The molecule has 0 fully saturated rings. The topological polar surface area (TPSA) is 104 Å². The van der Waals surface area contributed by atoms with E-state index in [2.05, 4.69) is 15.7 Å². The summed E-state index contributed by atoms with van der Waals surface area (Å²) in [6, 6.07) is 4.99. The van der Waals surface area contributed by atoms with E-state index in [4.69, 9.17) is 14.2 Å². The molecule has 0 radical (unpaired) electrons. The molecule has 2 aromatic rings. The van der Waals surface area contributed by atoms with Crippen molar-refractivity contribution in [1.82, 2.24) is 15.1 Å². The van der Waals surface area contributed by atoms with Crippen LogP contribution in [-0.4, -0.2) is 49.5 Å². The van der Waals surface area contributed by atoms with Gasteiger partial charge in [0, 0.05) is 19.3 Å². The van der Waals surface area contributed by atoms with Gasteiger partial charge in [-0.3, -0.25) is 14.3 Å². The van der Waals surface area contributed by atoms with Crippen molar-refractivity contribution in [2.45, 2.75) is 0 Å². The van der Waals surface area contributed by atoms with E-state index in [0.717, 1.165) is 0 Å². The van der Waals surface area contributed by atoms with Gasteiger partial charge in [0.25, 0.3) is 5.91 Å². The fourth-order valence-corrected chi connectivity index (χ4v) is 2.13. The molecule has 0 bridgehead atoms. The average Bonchev–Trinajstić information content (AvgIpc) is 3.01. The number of carbonyl (C=O) groups excluding carboxylic acids is 2. The third-order valence-corrected chi connectivity index (χ3v) is 3.33. The number of benzene rings is 1. The zero-order valence-electron chi connectivity index (χ0n) is 14.5. The molecule has 9 heteroatoms. The van der Waals surface area contributed by atoms with Gasteiger partial charge < -0.3 is 24.8 Å². The van der Waals surface area contributed by atoms with Crippen LogP contribution in [0.2, 0.25) is 0 Å². The summed E-state index contributed by atoms with van der Waals surface area (Å²) < 4.78 is 16.8. The van der Waals surface area contributed by atoms with Gasteiger partial charge in [-0.1, -0.05) is 0 Å². The minimum Gasteiger partial charge on any atom is -0.497 e. The Morgan fingerprint density at radius 1 is 1.16 bits per heavy atom. The molecule has 0 spiro atoms. The van der Waals surface area contributed by atoms with E-state index in [1.54, 1.807) is 25.2 Å². The molecule has 0 saturated heterocycles. The lowest BCUT2D eigenvalue weighted by atomic mass is 10.2. The normalized spacial score (nSPS) is 10.1. The highest BCUT2D eigenvalue weighted by molar-refractivity contribution is 6.00. The lowest BCUT2D eigenvalue weighted by Crippen LogP contribution is -2.33. The summed E-state index contributed by atoms with van der Waals surface area (Å²) in [5.74, 6) is 0.387. The van der Waals surface area contributed by atoms with Crippen LogP contribution in [0.5, 0.6) is 17.4 Å². The second-order valence-corrected chi connectivity index (χ2v) is 5.02. The molecule has 1 heterocycles. The Bertz CT molecular complexity index is 772. The molecule has 2 N–H and O–H groups in total. The molecule has 0 aliphatic heterocycles. The number of methoxy groups -OCH3 is 3. The van der Waals surface area contributed by atoms with Crippen LogP contribution in [0.4, 0.5) is 5.69 Å². The number of nitrogens with zero attached hydrogens (tertiary/aromatic N) is 2. The Hall–Kier alpha value is -3.23. The van der Waals surface area contributed by atoms with Crippen LogP contribution < -0.4 is 24.8 Å². The molecule has 9 nitrogen and oxygen atoms in total. The monoisotopic (exact) mass is 348 g/mol. The summed E-state index contributed by atoms with van der Waals surface area (Å²) in [7, 11) is 6.11. The number of aryl methyl sites for hydroxylation is 1. The summed E-state index contributed by atoms with van der Waals surface area (Å²) in [6.07, 6.45) is 1.51. The Kier molecular flexibility index (Phi) is 5.83. The number of amides is 2. The number of aromatic nitrogens is 2. The number of rotatable bonds is 7. The van der Waals surface area contributed by atoms with Gasteiger partial charge in [-0.05, 0) is 12.1 Å². The molecule has 25 heavy (non-hydrogen) atoms. The number of anilines is 1. The highest BCUT2D eigenvalue weighted by atomic mass is 16.5. The van der Waals surface area contributed by atoms with Gasteiger partial charge in [0.1, 0.15) is 17.1 Å². The summed E-state index contributed by atoms with van der Waals surface area (Å²) in [4.78, 5) is 24.2. The number of nitrogens with one attached hydrogen (secondary N) is 2. The molecule has 1 aromatic carbocycles. The number of hydrogen-bond acceptors (Lipinski definition) is 6. The molecule has 0 atom stereocenters. The van der Waals surface area contributed by atoms with Crippen LogP contribution in [0.15, 0.2) is 24.4 Å². The van der Waals surface area contributed by atoms with Crippen LogP contribution in [0.3, 0.4) is 0 Å². The SMILES string of the molecule is COc1ccc(NC(=O)CNC(=O)c2cn(C)nc2OC)c(OC)c1. The van der Waals surface area contributed by atoms with Gasteiger partial charge in [0.05, 0.1) is 33.6 Å². The summed E-state index contributed by atoms with van der Waals surface area (Å²) in [5, 5.41) is 9.17. The molecule has 1 aromatic heterocycles. The second-order valence-electron chi connectivity index (χ2n) is 5.02. The number of ether oxygens (including phenoxy) is 3. The van der Waals surface area contributed by atoms with Crippen molar-refractivity contribution in [3.05, 3.63) is 30.0 Å². The Labute approximate surface area is 144 Å². The van der Waals surface area contributed by atoms with Gasteiger partial charge in [-0.15, -0.1) is 5.10 Å². The molecule has 0 unspecified atom stereocenters. The van der Waals surface area contributed by atoms with Crippen LogP contribution in [0, 0.1) is 0 Å². The van der Waals surface area contributed by atoms with Gasteiger partial charge >= 0.3 is 0 Å². The van der Waals surface area contributed by atoms with Crippen molar-refractivity contribution in [3.63, 3.8) is 0 Å². The smallest absolute Gasteiger partial charge is 0.258 e. The maximum Gasteiger partial charge on any atom is 0.258 e. The van der Waals surface area contributed by atoms with Crippen molar-refractivity contribution in [1.29, 1.82) is 0 Å². The number of carbonyl (C=O) groups is 2. The molecule has 0 saturated carbocycles. The molecule has 0 aliphatic rings. The fourth-order valence-electron chi connectivity index (χ4n) is 2.13. The third-order valence-electron chi connectivity index (χ3n) is 3.33. The maximum atomic E-state index is 12.1. The minimum atomic E-state index is -0.457. The average molecular weight is 348 g/mol. The highest BCUT2D eigenvalue weighted by Crippen LogP contribution is 2.28. The Balaban J connectivity index is 1.98. The van der Waals surface area contributed by atoms with Gasteiger partial charge in [-0.2, -0.15) is 0 Å². The van der Waals surface area contributed by atoms with Crippen LogP contribution >= 0.6 is 0 Å². The van der Waals surface area contributed by atoms with E-state index >= 15 is 0 Å². The van der Waals surface area contributed by atoms with Crippen molar-refractivity contribution in [2.24, 2.45) is 7.05 Å². The van der Waals surface area contributed by atoms with Gasteiger partial charge in [-0.25, -0.2) is 0 Å².